The Balaban J connectivity index is 1.37. The predicted octanol–water partition coefficient (Wildman–Crippen LogP) is 3.28. The molecule has 0 unspecified atom stereocenters. The molecule has 3 aromatic rings. The second-order valence-corrected chi connectivity index (χ2v) is 8.49. The molecule has 2 aromatic carbocycles. The van der Waals surface area contributed by atoms with Crippen LogP contribution in [0.4, 0.5) is 5.69 Å². The fraction of sp³-hybridized carbons (Fsp3) is 0.364. The second kappa shape index (κ2) is 8.19. The highest BCUT2D eigenvalue weighted by atomic mass is 32.1. The van der Waals surface area contributed by atoms with Crippen molar-refractivity contribution in [2.75, 3.05) is 18.4 Å². The molecule has 1 atom stereocenters. The number of rotatable bonds is 5. The first-order chi connectivity index (χ1) is 13.2. The lowest BCUT2D eigenvalue weighted by atomic mass is 10.1. The molecule has 0 aliphatic carbocycles. The summed E-state index contributed by atoms with van der Waals surface area (Å²) < 4.78 is 1.23. The van der Waals surface area contributed by atoms with Crippen molar-refractivity contribution in [2.45, 2.75) is 38.6 Å². The average molecular weight is 381 g/mol. The molecule has 2 heterocycles. The van der Waals surface area contributed by atoms with Crippen molar-refractivity contribution in [1.82, 2.24) is 4.98 Å². The topological polar surface area (TPSA) is 46.4 Å². The van der Waals surface area contributed by atoms with Crippen LogP contribution in [0.2, 0.25) is 0 Å². The molecule has 4 nitrogen and oxygen atoms in total. The quantitative estimate of drug-likeness (QED) is 0.714. The first kappa shape index (κ1) is 18.1. The van der Waals surface area contributed by atoms with Gasteiger partial charge >= 0.3 is 0 Å². The zero-order valence-corrected chi connectivity index (χ0v) is 16.5. The number of carbonyl (C=O) groups is 1. The summed E-state index contributed by atoms with van der Waals surface area (Å²) in [5.74, 6) is 0.117. The predicted molar refractivity (Wildman–Crippen MR) is 112 cm³/mol. The van der Waals surface area contributed by atoms with E-state index in [1.807, 2.05) is 31.2 Å². The number of aromatic nitrogens is 1. The Kier molecular flexibility index (Phi) is 5.50. The number of para-hydroxylation sites is 1. The van der Waals surface area contributed by atoms with Gasteiger partial charge in [0, 0.05) is 12.1 Å². The number of benzene rings is 2. The second-order valence-electron chi connectivity index (χ2n) is 7.38. The van der Waals surface area contributed by atoms with Crippen LogP contribution in [-0.4, -0.2) is 30.0 Å². The lowest BCUT2D eigenvalue weighted by molar-refractivity contribution is -0.918. The van der Waals surface area contributed by atoms with Gasteiger partial charge in [-0.15, -0.1) is 11.3 Å². The van der Waals surface area contributed by atoms with Crippen LogP contribution in [-0.2, 0) is 11.2 Å². The van der Waals surface area contributed by atoms with Crippen LogP contribution in [0.5, 0.6) is 0 Å². The van der Waals surface area contributed by atoms with Crippen LogP contribution in [0.15, 0.2) is 48.5 Å². The Morgan fingerprint density at radius 1 is 1.11 bits per heavy atom. The number of nitrogens with one attached hydrogen (secondary N) is 2. The van der Waals surface area contributed by atoms with E-state index in [4.69, 9.17) is 4.98 Å². The third-order valence-electron chi connectivity index (χ3n) is 5.42. The molecule has 0 radical (unpaired) electrons. The van der Waals surface area contributed by atoms with E-state index in [1.54, 1.807) is 11.3 Å². The Labute approximate surface area is 164 Å². The summed E-state index contributed by atoms with van der Waals surface area (Å²) in [6.07, 6.45) is 4.58. The number of fused-ring (bicyclic) bond motifs is 1. The van der Waals surface area contributed by atoms with Gasteiger partial charge in [0.2, 0.25) is 0 Å². The molecule has 2 N–H and O–H groups in total. The van der Waals surface area contributed by atoms with Crippen LogP contribution in [0.3, 0.4) is 0 Å². The summed E-state index contributed by atoms with van der Waals surface area (Å²) in [5.41, 5.74) is 3.15. The van der Waals surface area contributed by atoms with E-state index < -0.39 is 0 Å². The van der Waals surface area contributed by atoms with Crippen LogP contribution in [0.1, 0.15) is 36.8 Å². The number of quaternary nitrogens is 1. The van der Waals surface area contributed by atoms with E-state index >= 15 is 0 Å². The largest absolute Gasteiger partial charge is 0.325 e. The first-order valence-corrected chi connectivity index (χ1v) is 10.6. The summed E-state index contributed by atoms with van der Waals surface area (Å²) in [5, 5.41) is 4.20. The van der Waals surface area contributed by atoms with E-state index in [0.717, 1.165) is 35.7 Å². The highest BCUT2D eigenvalue weighted by Crippen LogP contribution is 2.24. The van der Waals surface area contributed by atoms with Crippen LogP contribution >= 0.6 is 11.3 Å². The average Bonchev–Trinajstić information content (AvgIpc) is 3.12. The summed E-state index contributed by atoms with van der Waals surface area (Å²) in [4.78, 5) is 18.7. The van der Waals surface area contributed by atoms with Gasteiger partial charge in [0.25, 0.3) is 5.91 Å². The van der Waals surface area contributed by atoms with Crippen LogP contribution < -0.4 is 10.2 Å². The van der Waals surface area contributed by atoms with Crippen LogP contribution in [0.25, 0.3) is 10.2 Å². The van der Waals surface area contributed by atoms with Gasteiger partial charge in [0.1, 0.15) is 0 Å². The summed E-state index contributed by atoms with van der Waals surface area (Å²) in [6.45, 7) is 4.25. The van der Waals surface area contributed by atoms with Gasteiger partial charge in [0.05, 0.1) is 28.3 Å². The maximum Gasteiger partial charge on any atom is 0.282 e. The number of anilines is 1. The third kappa shape index (κ3) is 4.37. The van der Waals surface area contributed by atoms with E-state index in [-0.39, 0.29) is 11.9 Å². The molecule has 1 amide bonds. The van der Waals surface area contributed by atoms with Crippen molar-refractivity contribution in [1.29, 1.82) is 0 Å². The molecule has 4 rings (SSSR count). The molecule has 0 saturated carbocycles. The van der Waals surface area contributed by atoms with E-state index in [9.17, 15) is 4.79 Å². The number of likely N-dealkylation sites (tertiary alicyclic amines) is 1. The highest BCUT2D eigenvalue weighted by Gasteiger charge is 2.26. The molecule has 1 aromatic heterocycles. The van der Waals surface area contributed by atoms with Crippen molar-refractivity contribution in [3.63, 3.8) is 0 Å². The molecule has 27 heavy (non-hydrogen) atoms. The summed E-state index contributed by atoms with van der Waals surface area (Å²) in [6, 6.07) is 16.4. The smallest absolute Gasteiger partial charge is 0.282 e. The minimum Gasteiger partial charge on any atom is -0.325 e. The fourth-order valence-corrected chi connectivity index (χ4v) is 4.75. The van der Waals surface area contributed by atoms with Gasteiger partial charge in [-0.05, 0) is 56.0 Å². The number of piperidine rings is 1. The molecule has 0 spiro atoms. The van der Waals surface area contributed by atoms with E-state index in [1.165, 1.54) is 34.4 Å². The van der Waals surface area contributed by atoms with Gasteiger partial charge in [-0.1, -0.05) is 24.3 Å². The van der Waals surface area contributed by atoms with Gasteiger partial charge in [0.15, 0.2) is 6.04 Å². The Morgan fingerprint density at radius 2 is 1.85 bits per heavy atom. The molecular formula is C22H26N3OS+. The van der Waals surface area contributed by atoms with Crippen molar-refractivity contribution in [3.8, 4) is 0 Å². The molecule has 1 aliphatic rings. The fourth-order valence-electron chi connectivity index (χ4n) is 3.75. The Bertz CT molecular complexity index is 880. The number of hydrogen-bond acceptors (Lipinski definition) is 3. The van der Waals surface area contributed by atoms with Gasteiger partial charge < -0.3 is 10.2 Å². The molecule has 1 aliphatic heterocycles. The standard InChI is InChI=1S/C22H25N3OS/c1-16(25-13-5-2-6-14-25)22(26)23-18-11-9-17(10-12-18)15-21-24-19-7-3-4-8-20(19)27-21/h3-4,7-12,16H,2,5-6,13-15H2,1H3,(H,23,26)/p+1/t16-/m0/s1. The maximum atomic E-state index is 12.5. The monoisotopic (exact) mass is 380 g/mol. The van der Waals surface area contributed by atoms with Gasteiger partial charge in [-0.3, -0.25) is 4.79 Å². The molecule has 5 heteroatoms. The normalized spacial score (nSPS) is 16.3. The number of amides is 1. The lowest BCUT2D eigenvalue weighted by Gasteiger charge is -2.28. The highest BCUT2D eigenvalue weighted by molar-refractivity contribution is 7.18. The van der Waals surface area contributed by atoms with Crippen LogP contribution in [0, 0.1) is 0 Å². The Morgan fingerprint density at radius 3 is 2.59 bits per heavy atom. The molecule has 1 saturated heterocycles. The van der Waals surface area contributed by atoms with Crippen molar-refractivity contribution < 1.29 is 9.69 Å². The Hall–Kier alpha value is -2.24. The van der Waals surface area contributed by atoms with Gasteiger partial charge in [-0.25, -0.2) is 4.98 Å². The molecule has 0 bridgehead atoms. The van der Waals surface area contributed by atoms with E-state index in [0.29, 0.717) is 0 Å². The van der Waals surface area contributed by atoms with E-state index in [2.05, 4.69) is 29.6 Å². The zero-order valence-electron chi connectivity index (χ0n) is 15.7. The zero-order chi connectivity index (χ0) is 18.6. The molecule has 140 valence electrons. The summed E-state index contributed by atoms with van der Waals surface area (Å²) in [7, 11) is 0. The van der Waals surface area contributed by atoms with Crippen molar-refractivity contribution in [2.24, 2.45) is 0 Å². The lowest BCUT2D eigenvalue weighted by Crippen LogP contribution is -3.17. The van der Waals surface area contributed by atoms with Crippen molar-refractivity contribution >= 4 is 33.1 Å². The molecular weight excluding hydrogens is 354 g/mol. The number of carbonyl (C=O) groups excluding carboxylic acids is 1. The minimum atomic E-state index is 0.00715. The maximum absolute atomic E-state index is 12.5. The first-order valence-electron chi connectivity index (χ1n) is 9.78. The van der Waals surface area contributed by atoms with Crippen molar-refractivity contribution in [3.05, 3.63) is 59.1 Å². The summed E-state index contributed by atoms with van der Waals surface area (Å²) >= 11 is 1.74. The van der Waals surface area contributed by atoms with Gasteiger partial charge in [-0.2, -0.15) is 0 Å². The third-order valence-corrected chi connectivity index (χ3v) is 6.45. The number of thiazole rings is 1. The SMILES string of the molecule is C[C@@H](C(=O)Nc1ccc(Cc2nc3ccccc3s2)cc1)[NH+]1CCCCC1. The number of hydrogen-bond donors (Lipinski definition) is 2. The molecule has 1 fully saturated rings. The minimum absolute atomic E-state index is 0.00715. The number of nitrogens with zero attached hydrogens (tertiary/aromatic N) is 1.